The third kappa shape index (κ3) is 2.57. The molecular weight excluding hydrogens is 396 g/mol. The van der Waals surface area contributed by atoms with E-state index in [4.69, 9.17) is 4.42 Å². The Balaban J connectivity index is 0.00000171. The highest BCUT2D eigenvalue weighted by Crippen LogP contribution is 2.31. The van der Waals surface area contributed by atoms with Crippen LogP contribution in [-0.2, 0) is 6.54 Å². The van der Waals surface area contributed by atoms with Crippen LogP contribution in [0.15, 0.2) is 65.3 Å². The van der Waals surface area contributed by atoms with Crippen molar-refractivity contribution in [1.82, 2.24) is 29.4 Å². The highest BCUT2D eigenvalue weighted by atomic mass is 35.5. The van der Waals surface area contributed by atoms with Crippen LogP contribution in [0.5, 0.6) is 0 Å². The van der Waals surface area contributed by atoms with E-state index in [9.17, 15) is 0 Å². The van der Waals surface area contributed by atoms with Gasteiger partial charge in [0, 0.05) is 5.39 Å². The fourth-order valence-corrected chi connectivity index (χ4v) is 4.04. The van der Waals surface area contributed by atoms with E-state index in [2.05, 4.69) is 20.3 Å². The monoisotopic (exact) mass is 408 g/mol. The minimum Gasteiger partial charge on any atom is -0.453 e. The summed E-state index contributed by atoms with van der Waals surface area (Å²) in [5.74, 6) is 1.50. The number of benzene rings is 2. The van der Waals surface area contributed by atoms with Gasteiger partial charge < -0.3 is 8.98 Å². The summed E-state index contributed by atoms with van der Waals surface area (Å²) in [6.07, 6.45) is 1.82. The van der Waals surface area contributed by atoms with E-state index in [1.807, 2.05) is 65.5 Å². The minimum absolute atomic E-state index is 0. The van der Waals surface area contributed by atoms with E-state index in [0.717, 1.165) is 43.6 Å². The van der Waals surface area contributed by atoms with Crippen molar-refractivity contribution >= 4 is 50.7 Å². The summed E-state index contributed by atoms with van der Waals surface area (Å²) < 4.78 is 9.75. The van der Waals surface area contributed by atoms with E-state index in [1.165, 1.54) is 11.3 Å². The van der Waals surface area contributed by atoms with Crippen LogP contribution in [0, 0.1) is 0 Å². The van der Waals surface area contributed by atoms with Crippen molar-refractivity contribution in [2.45, 2.75) is 6.54 Å². The first-order valence-corrected chi connectivity index (χ1v) is 9.27. The number of imidazole rings is 1. The van der Waals surface area contributed by atoms with Gasteiger partial charge in [-0.3, -0.25) is 0 Å². The first kappa shape index (κ1) is 16.9. The van der Waals surface area contributed by atoms with Crippen LogP contribution in [-0.4, -0.2) is 29.4 Å². The molecular formula is C19H13ClN6OS. The Bertz CT molecular complexity index is 1400. The maximum atomic E-state index is 5.93. The molecule has 0 saturated heterocycles. The van der Waals surface area contributed by atoms with Gasteiger partial charge in [0.1, 0.15) is 5.58 Å². The molecule has 4 aromatic heterocycles. The number of furan rings is 1. The largest absolute Gasteiger partial charge is 0.453 e. The Morgan fingerprint density at radius 2 is 1.86 bits per heavy atom. The third-order valence-electron chi connectivity index (χ3n) is 4.53. The predicted octanol–water partition coefficient (Wildman–Crippen LogP) is 4.42. The number of fused-ring (bicyclic) bond motifs is 3. The lowest BCUT2D eigenvalue weighted by Gasteiger charge is -2.01. The standard InChI is InChI=1S/C19H12N6OS.ClH/c1-4-8-15-12(5-1)9-16(26-15)18-23-25-17(21-22-19(25)27-18)10-24-11-20-13-6-2-3-7-14(13)24;/h1-9,11H,10H2;1H. The second-order valence-electron chi connectivity index (χ2n) is 6.23. The van der Waals surface area contributed by atoms with Crippen molar-refractivity contribution in [3.8, 4) is 10.8 Å². The Labute approximate surface area is 168 Å². The normalized spacial score (nSPS) is 11.4. The van der Waals surface area contributed by atoms with Gasteiger partial charge in [-0.2, -0.15) is 4.52 Å². The summed E-state index contributed by atoms with van der Waals surface area (Å²) in [6, 6.07) is 18.0. The molecule has 0 spiro atoms. The number of rotatable bonds is 3. The van der Waals surface area contributed by atoms with E-state index in [0.29, 0.717) is 6.54 Å². The van der Waals surface area contributed by atoms with Crippen LogP contribution in [0.2, 0.25) is 0 Å². The molecule has 28 heavy (non-hydrogen) atoms. The smallest absolute Gasteiger partial charge is 0.235 e. The quantitative estimate of drug-likeness (QED) is 0.433. The van der Waals surface area contributed by atoms with Crippen LogP contribution in [0.4, 0.5) is 0 Å². The molecule has 0 bridgehead atoms. The molecule has 0 aliphatic heterocycles. The van der Waals surface area contributed by atoms with E-state index in [-0.39, 0.29) is 12.4 Å². The molecule has 6 rings (SSSR count). The van der Waals surface area contributed by atoms with Crippen molar-refractivity contribution < 1.29 is 4.42 Å². The molecule has 0 atom stereocenters. The SMILES string of the molecule is Cl.c1ccc2oc(-c3nn4c(Cn5cnc6ccccc65)nnc4s3)cc2c1. The van der Waals surface area contributed by atoms with Gasteiger partial charge >= 0.3 is 0 Å². The fraction of sp³-hybridized carbons (Fsp3) is 0.0526. The first-order valence-electron chi connectivity index (χ1n) is 8.45. The summed E-state index contributed by atoms with van der Waals surface area (Å²) >= 11 is 1.46. The average Bonchev–Trinajstić information content (AvgIpc) is 3.45. The van der Waals surface area contributed by atoms with Gasteiger partial charge in [-0.05, 0) is 24.3 Å². The van der Waals surface area contributed by atoms with E-state index < -0.39 is 0 Å². The lowest BCUT2D eigenvalue weighted by molar-refractivity contribution is 0.628. The van der Waals surface area contributed by atoms with Crippen LogP contribution >= 0.6 is 23.7 Å². The maximum absolute atomic E-state index is 5.93. The van der Waals surface area contributed by atoms with Gasteiger partial charge in [0.25, 0.3) is 0 Å². The molecule has 0 saturated carbocycles. The predicted molar refractivity (Wildman–Crippen MR) is 110 cm³/mol. The summed E-state index contributed by atoms with van der Waals surface area (Å²) in [6.45, 7) is 0.547. The summed E-state index contributed by atoms with van der Waals surface area (Å²) in [4.78, 5) is 5.17. The highest BCUT2D eigenvalue weighted by molar-refractivity contribution is 7.19. The lowest BCUT2D eigenvalue weighted by Crippen LogP contribution is -2.04. The van der Waals surface area contributed by atoms with Gasteiger partial charge in [0.2, 0.25) is 4.96 Å². The topological polar surface area (TPSA) is 74.0 Å². The zero-order valence-electron chi connectivity index (χ0n) is 14.4. The summed E-state index contributed by atoms with van der Waals surface area (Å²) in [7, 11) is 0. The minimum atomic E-state index is 0. The molecule has 0 radical (unpaired) electrons. The van der Waals surface area contributed by atoms with E-state index >= 15 is 0 Å². The lowest BCUT2D eigenvalue weighted by atomic mass is 10.2. The zero-order valence-corrected chi connectivity index (χ0v) is 16.0. The number of halogens is 1. The zero-order chi connectivity index (χ0) is 17.8. The van der Waals surface area contributed by atoms with E-state index in [1.54, 1.807) is 4.52 Å². The van der Waals surface area contributed by atoms with Gasteiger partial charge in [-0.15, -0.1) is 27.7 Å². The molecule has 0 unspecified atom stereocenters. The Morgan fingerprint density at radius 3 is 2.79 bits per heavy atom. The van der Waals surface area contributed by atoms with Crippen LogP contribution in [0.3, 0.4) is 0 Å². The second-order valence-corrected chi connectivity index (χ2v) is 7.18. The summed E-state index contributed by atoms with van der Waals surface area (Å²) in [5.41, 5.74) is 2.87. The van der Waals surface area contributed by atoms with Gasteiger partial charge in [0.15, 0.2) is 16.6 Å². The van der Waals surface area contributed by atoms with Gasteiger partial charge in [-0.1, -0.05) is 41.7 Å². The van der Waals surface area contributed by atoms with Crippen LogP contribution < -0.4 is 0 Å². The molecule has 2 aromatic carbocycles. The Hall–Kier alpha value is -3.23. The third-order valence-corrected chi connectivity index (χ3v) is 5.44. The number of hydrogen-bond donors (Lipinski definition) is 0. The second kappa shape index (κ2) is 6.43. The van der Waals surface area contributed by atoms with Crippen molar-refractivity contribution in [3.63, 3.8) is 0 Å². The molecule has 0 amide bonds. The number of hydrogen-bond acceptors (Lipinski definition) is 6. The van der Waals surface area contributed by atoms with Crippen LogP contribution in [0.25, 0.3) is 37.7 Å². The average molecular weight is 409 g/mol. The van der Waals surface area contributed by atoms with Gasteiger partial charge in [-0.25, -0.2) is 4.98 Å². The van der Waals surface area contributed by atoms with Crippen molar-refractivity contribution in [3.05, 3.63) is 66.7 Å². The molecule has 138 valence electrons. The fourth-order valence-electron chi connectivity index (χ4n) is 3.23. The Kier molecular flexibility index (Phi) is 3.88. The number of aromatic nitrogens is 6. The molecule has 6 aromatic rings. The number of para-hydroxylation sites is 3. The molecule has 0 aliphatic rings. The molecule has 4 heterocycles. The molecule has 7 nitrogen and oxygen atoms in total. The maximum Gasteiger partial charge on any atom is 0.235 e. The highest BCUT2D eigenvalue weighted by Gasteiger charge is 2.16. The number of nitrogens with zero attached hydrogens (tertiary/aromatic N) is 6. The van der Waals surface area contributed by atoms with Crippen LogP contribution in [0.1, 0.15) is 5.82 Å². The first-order chi connectivity index (χ1) is 13.3. The van der Waals surface area contributed by atoms with Crippen molar-refractivity contribution in [2.75, 3.05) is 0 Å². The molecule has 0 aliphatic carbocycles. The Morgan fingerprint density at radius 1 is 1.00 bits per heavy atom. The van der Waals surface area contributed by atoms with Crippen molar-refractivity contribution in [1.29, 1.82) is 0 Å². The van der Waals surface area contributed by atoms with Gasteiger partial charge in [0.05, 0.1) is 23.9 Å². The molecule has 9 heteroatoms. The van der Waals surface area contributed by atoms with Crippen molar-refractivity contribution in [2.24, 2.45) is 0 Å². The molecule has 0 fully saturated rings. The summed E-state index contributed by atoms with van der Waals surface area (Å²) in [5, 5.41) is 15.1. The molecule has 0 N–H and O–H groups in total.